The largest absolute Gasteiger partial charge is 0.225 e. The fourth-order valence-electron chi connectivity index (χ4n) is 1.17. The van der Waals surface area contributed by atoms with E-state index in [-0.39, 0.29) is 0 Å². The third-order valence-corrected chi connectivity index (χ3v) is 1.72. The summed E-state index contributed by atoms with van der Waals surface area (Å²) in [7, 11) is 0. The van der Waals surface area contributed by atoms with Crippen molar-refractivity contribution in [2.75, 3.05) is 19.8 Å². The van der Waals surface area contributed by atoms with E-state index in [1.54, 1.807) is 0 Å². The molecule has 2 atom stereocenters. The van der Waals surface area contributed by atoms with Crippen molar-refractivity contribution in [1.29, 1.82) is 0 Å². The van der Waals surface area contributed by atoms with Crippen LogP contribution < -0.4 is 0 Å². The highest BCUT2D eigenvalue weighted by atomic mass is 15.8. The van der Waals surface area contributed by atoms with Gasteiger partial charge in [0.05, 0.1) is 6.67 Å². The third-order valence-electron chi connectivity index (χ3n) is 1.72. The zero-order chi connectivity index (χ0) is 4.69. The predicted octanol–water partition coefficient (Wildman–Crippen LogP) is 0.270. The van der Waals surface area contributed by atoms with Crippen LogP contribution in [0.1, 0.15) is 12.8 Å². The summed E-state index contributed by atoms with van der Waals surface area (Å²) in [6.45, 7) is 3.89. The van der Waals surface area contributed by atoms with Crippen LogP contribution in [0, 0.1) is 0 Å². The lowest BCUT2D eigenvalue weighted by atomic mass is 10.3. The number of nitrogens with zero attached hydrogens (tertiary/aromatic N) is 2. The van der Waals surface area contributed by atoms with E-state index in [9.17, 15) is 0 Å². The van der Waals surface area contributed by atoms with Crippen LogP contribution in [0.25, 0.3) is 0 Å². The summed E-state index contributed by atoms with van der Waals surface area (Å²) in [6.07, 6.45) is 2.83. The fraction of sp³-hybridized carbons (Fsp3) is 1.00. The Bertz CT molecular complexity index is 72.1. The molecule has 2 heterocycles. The van der Waals surface area contributed by atoms with Crippen molar-refractivity contribution < 1.29 is 0 Å². The van der Waals surface area contributed by atoms with Gasteiger partial charge in [0.2, 0.25) is 0 Å². The Morgan fingerprint density at radius 3 is 1.86 bits per heavy atom. The molecule has 0 N–H and O–H groups in total. The van der Waals surface area contributed by atoms with Gasteiger partial charge in [-0.3, -0.25) is 0 Å². The van der Waals surface area contributed by atoms with Gasteiger partial charge in [-0.05, 0) is 12.8 Å². The molecule has 0 bridgehead atoms. The first-order chi connectivity index (χ1) is 3.47. The fourth-order valence-corrected chi connectivity index (χ4v) is 1.17. The highest BCUT2D eigenvalue weighted by Gasteiger charge is 2.32. The minimum Gasteiger partial charge on any atom is -0.225 e. The van der Waals surface area contributed by atoms with Crippen molar-refractivity contribution in [1.82, 2.24) is 10.0 Å². The van der Waals surface area contributed by atoms with E-state index in [0.717, 1.165) is 0 Å². The molecule has 0 aromatic heterocycles. The minimum atomic E-state index is 1.25. The maximum Gasteiger partial charge on any atom is 0.0787 e. The third kappa shape index (κ3) is 0.545. The molecule has 0 aromatic rings. The van der Waals surface area contributed by atoms with Gasteiger partial charge in [-0.2, -0.15) is 0 Å². The second-order valence-corrected chi connectivity index (χ2v) is 2.31. The van der Waals surface area contributed by atoms with Gasteiger partial charge in [0.15, 0.2) is 0 Å². The first-order valence-electron chi connectivity index (χ1n) is 2.96. The summed E-state index contributed by atoms with van der Waals surface area (Å²) in [5, 5.41) is 4.78. The summed E-state index contributed by atoms with van der Waals surface area (Å²) in [5.74, 6) is 0. The highest BCUT2D eigenvalue weighted by Crippen LogP contribution is 2.20. The molecule has 2 saturated heterocycles. The van der Waals surface area contributed by atoms with Crippen LogP contribution >= 0.6 is 0 Å². The van der Waals surface area contributed by atoms with Gasteiger partial charge in [0, 0.05) is 13.1 Å². The predicted molar refractivity (Wildman–Crippen MR) is 27.5 cm³/mol. The van der Waals surface area contributed by atoms with E-state index in [1.165, 1.54) is 32.6 Å². The van der Waals surface area contributed by atoms with E-state index >= 15 is 0 Å². The number of fused-ring (bicyclic) bond motifs is 1. The lowest BCUT2D eigenvalue weighted by molar-refractivity contribution is 0.252. The van der Waals surface area contributed by atoms with Crippen LogP contribution in [-0.2, 0) is 0 Å². The van der Waals surface area contributed by atoms with Crippen molar-refractivity contribution in [2.24, 2.45) is 0 Å². The first-order valence-corrected chi connectivity index (χ1v) is 2.96. The van der Waals surface area contributed by atoms with Crippen molar-refractivity contribution >= 4 is 0 Å². The van der Waals surface area contributed by atoms with Crippen LogP contribution in [0.5, 0.6) is 0 Å². The smallest absolute Gasteiger partial charge is 0.0787 e. The van der Waals surface area contributed by atoms with Crippen LogP contribution in [-0.4, -0.2) is 29.8 Å². The summed E-state index contributed by atoms with van der Waals surface area (Å²) < 4.78 is 0. The Kier molecular flexibility index (Phi) is 0.664. The van der Waals surface area contributed by atoms with Crippen molar-refractivity contribution in [2.45, 2.75) is 12.8 Å². The Balaban J connectivity index is 1.95. The average Bonchev–Trinajstić information content (AvgIpc) is 2.41. The van der Waals surface area contributed by atoms with E-state index < -0.39 is 0 Å². The molecule has 40 valence electrons. The topological polar surface area (TPSA) is 6.02 Å². The normalized spacial score (nSPS) is 48.0. The molecule has 0 aromatic carbocycles. The quantitative estimate of drug-likeness (QED) is 0.401. The molecular weight excluding hydrogens is 88.1 g/mol. The molecule has 0 amide bonds. The van der Waals surface area contributed by atoms with Gasteiger partial charge in [-0.25, -0.2) is 10.0 Å². The summed E-state index contributed by atoms with van der Waals surface area (Å²) in [4.78, 5) is 0. The summed E-state index contributed by atoms with van der Waals surface area (Å²) >= 11 is 0. The Hall–Kier alpha value is -0.0800. The molecule has 2 aliphatic rings. The number of hydrogen-bond acceptors (Lipinski definition) is 2. The van der Waals surface area contributed by atoms with E-state index in [0.29, 0.717) is 0 Å². The Morgan fingerprint density at radius 2 is 1.43 bits per heavy atom. The van der Waals surface area contributed by atoms with Gasteiger partial charge in [-0.1, -0.05) is 0 Å². The van der Waals surface area contributed by atoms with Crippen LogP contribution in [0.15, 0.2) is 0 Å². The summed E-state index contributed by atoms with van der Waals surface area (Å²) in [5.41, 5.74) is 0. The molecule has 2 nitrogen and oxygen atoms in total. The highest BCUT2D eigenvalue weighted by molar-refractivity contribution is 4.73. The van der Waals surface area contributed by atoms with E-state index in [2.05, 4.69) is 10.0 Å². The zero-order valence-electron chi connectivity index (χ0n) is 4.43. The molecule has 7 heavy (non-hydrogen) atoms. The standard InChI is InChI=1S/C5H10N2/c1-2-4-7-5-6(7)3-1/h1-5H2. The second kappa shape index (κ2) is 1.20. The Labute approximate surface area is 43.7 Å². The molecule has 2 fully saturated rings. The molecule has 2 unspecified atom stereocenters. The van der Waals surface area contributed by atoms with Crippen molar-refractivity contribution in [3.05, 3.63) is 0 Å². The maximum absolute atomic E-state index is 2.39. The first kappa shape index (κ1) is 3.87. The van der Waals surface area contributed by atoms with Gasteiger partial charge >= 0.3 is 0 Å². The van der Waals surface area contributed by atoms with Gasteiger partial charge in [-0.15, -0.1) is 0 Å². The zero-order valence-corrected chi connectivity index (χ0v) is 4.43. The molecule has 0 radical (unpaired) electrons. The number of rotatable bonds is 0. The molecule has 0 spiro atoms. The second-order valence-electron chi connectivity index (χ2n) is 2.31. The molecule has 2 heteroatoms. The van der Waals surface area contributed by atoms with Crippen LogP contribution in [0.4, 0.5) is 0 Å². The van der Waals surface area contributed by atoms with Crippen LogP contribution in [0.2, 0.25) is 0 Å². The molecule has 0 aliphatic carbocycles. The van der Waals surface area contributed by atoms with Gasteiger partial charge in [0.25, 0.3) is 0 Å². The lowest BCUT2D eigenvalue weighted by Crippen LogP contribution is -2.16. The maximum atomic E-state index is 2.39. The molecule has 2 rings (SSSR count). The lowest BCUT2D eigenvalue weighted by Gasteiger charge is -2.09. The number of hydrazine groups is 1. The molecule has 2 aliphatic heterocycles. The SMILES string of the molecule is C1CCN2CN2C1. The molecular formula is C5H10N2. The van der Waals surface area contributed by atoms with Gasteiger partial charge < -0.3 is 0 Å². The average molecular weight is 98.1 g/mol. The van der Waals surface area contributed by atoms with Gasteiger partial charge in [0.1, 0.15) is 0 Å². The van der Waals surface area contributed by atoms with E-state index in [1.807, 2.05) is 0 Å². The number of hydrogen-bond donors (Lipinski definition) is 0. The molecule has 0 saturated carbocycles. The Morgan fingerprint density at radius 1 is 0.857 bits per heavy atom. The minimum absolute atomic E-state index is 1.25. The van der Waals surface area contributed by atoms with Crippen molar-refractivity contribution in [3.63, 3.8) is 0 Å². The summed E-state index contributed by atoms with van der Waals surface area (Å²) in [6, 6.07) is 0. The van der Waals surface area contributed by atoms with Crippen LogP contribution in [0.3, 0.4) is 0 Å². The monoisotopic (exact) mass is 98.1 g/mol. The van der Waals surface area contributed by atoms with Crippen molar-refractivity contribution in [3.8, 4) is 0 Å². The van der Waals surface area contributed by atoms with E-state index in [4.69, 9.17) is 0 Å².